The Kier molecular flexibility index (Phi) is 3.44. The molecule has 1 heterocycles. The van der Waals surface area contributed by atoms with Crippen LogP contribution in [0.1, 0.15) is 31.2 Å². The van der Waals surface area contributed by atoms with E-state index in [9.17, 15) is 27.5 Å². The molecule has 0 saturated heterocycles. The Bertz CT molecular complexity index is 671. The van der Waals surface area contributed by atoms with Crippen LogP contribution < -0.4 is 9.47 Å². The molecule has 2 aliphatic rings. The Morgan fingerprint density at radius 1 is 1.04 bits per heavy atom. The molecule has 0 aromatic heterocycles. The molecule has 23 heavy (non-hydrogen) atoms. The van der Waals surface area contributed by atoms with Gasteiger partial charge in [-0.2, -0.15) is 17.6 Å². The summed E-state index contributed by atoms with van der Waals surface area (Å²) in [6, 6.07) is 1.85. The zero-order valence-electron chi connectivity index (χ0n) is 11.5. The zero-order valence-corrected chi connectivity index (χ0v) is 12.3. The van der Waals surface area contributed by atoms with Gasteiger partial charge in [0, 0.05) is 11.1 Å². The Morgan fingerprint density at radius 3 is 2.00 bits per heavy atom. The predicted octanol–water partition coefficient (Wildman–Crippen LogP) is 4.19. The molecule has 4 nitrogen and oxygen atoms in total. The molecule has 1 aromatic carbocycles. The number of rotatable bonds is 2. The highest BCUT2D eigenvalue weighted by Crippen LogP contribution is 2.52. The molecule has 0 bridgehead atoms. The third kappa shape index (κ3) is 2.31. The van der Waals surface area contributed by atoms with Crippen LogP contribution in [0, 0.1) is 0 Å². The van der Waals surface area contributed by atoms with Crippen molar-refractivity contribution in [3.63, 3.8) is 0 Å². The van der Waals surface area contributed by atoms with Crippen molar-refractivity contribution in [2.75, 3.05) is 0 Å². The standard InChI is InChI=1S/C14H11ClF4O4/c15-8-6-10-9(22-13(16,17)14(18,19)23-10)5-7(8)12(11(20)21)3-1-2-4-12/h5-6H,1-4H2,(H,20,21). The zero-order chi connectivity index (χ0) is 17.0. The van der Waals surface area contributed by atoms with Crippen molar-refractivity contribution in [2.24, 2.45) is 0 Å². The van der Waals surface area contributed by atoms with Crippen molar-refractivity contribution in [1.29, 1.82) is 0 Å². The quantitative estimate of drug-likeness (QED) is 0.809. The molecule has 0 unspecified atom stereocenters. The van der Waals surface area contributed by atoms with E-state index < -0.39 is 35.1 Å². The molecule has 3 rings (SSSR count). The number of ether oxygens (including phenoxy) is 2. The SMILES string of the molecule is O=C(O)C1(c2cc3c(cc2Cl)OC(F)(F)C(F)(F)O3)CCCC1. The van der Waals surface area contributed by atoms with Gasteiger partial charge in [-0.05, 0) is 24.5 Å². The molecule has 126 valence electrons. The average molecular weight is 355 g/mol. The van der Waals surface area contributed by atoms with Crippen LogP contribution in [0.2, 0.25) is 5.02 Å². The van der Waals surface area contributed by atoms with Gasteiger partial charge in [-0.15, -0.1) is 0 Å². The second-order valence-electron chi connectivity index (χ2n) is 5.61. The van der Waals surface area contributed by atoms with Crippen LogP contribution in [-0.4, -0.2) is 23.3 Å². The monoisotopic (exact) mass is 354 g/mol. The maximum atomic E-state index is 13.3. The molecule has 1 N–H and O–H groups in total. The first kappa shape index (κ1) is 16.2. The van der Waals surface area contributed by atoms with Gasteiger partial charge in [0.1, 0.15) is 0 Å². The summed E-state index contributed by atoms with van der Waals surface area (Å²) in [5.74, 6) is -2.47. The molecule has 1 aromatic rings. The first-order chi connectivity index (χ1) is 10.6. The number of carboxylic acids is 1. The van der Waals surface area contributed by atoms with Crippen molar-refractivity contribution < 1.29 is 36.9 Å². The number of carbonyl (C=O) groups is 1. The fourth-order valence-corrected chi connectivity index (χ4v) is 3.37. The summed E-state index contributed by atoms with van der Waals surface area (Å²) in [7, 11) is 0. The van der Waals surface area contributed by atoms with Crippen LogP contribution in [0.3, 0.4) is 0 Å². The molecular formula is C14H11ClF4O4. The summed E-state index contributed by atoms with van der Waals surface area (Å²) in [4.78, 5) is 11.7. The van der Waals surface area contributed by atoms with Crippen molar-refractivity contribution in [3.8, 4) is 11.5 Å². The third-order valence-corrected chi connectivity index (χ3v) is 4.54. The lowest BCUT2D eigenvalue weighted by Crippen LogP contribution is -2.52. The molecule has 0 atom stereocenters. The van der Waals surface area contributed by atoms with E-state index in [0.29, 0.717) is 12.8 Å². The van der Waals surface area contributed by atoms with Crippen LogP contribution in [0.25, 0.3) is 0 Å². The molecule has 1 saturated carbocycles. The van der Waals surface area contributed by atoms with E-state index in [4.69, 9.17) is 11.6 Å². The van der Waals surface area contributed by atoms with Crippen molar-refractivity contribution in [3.05, 3.63) is 22.7 Å². The predicted molar refractivity (Wildman–Crippen MR) is 70.4 cm³/mol. The van der Waals surface area contributed by atoms with Gasteiger partial charge >= 0.3 is 18.2 Å². The molecule has 1 fully saturated rings. The fourth-order valence-electron chi connectivity index (χ4n) is 3.03. The smallest absolute Gasteiger partial charge is 0.481 e. The van der Waals surface area contributed by atoms with Crippen molar-refractivity contribution in [2.45, 2.75) is 43.3 Å². The maximum Gasteiger partial charge on any atom is 0.507 e. The third-order valence-electron chi connectivity index (χ3n) is 4.23. The average Bonchev–Trinajstić information content (AvgIpc) is 2.90. The van der Waals surface area contributed by atoms with E-state index in [1.54, 1.807) is 0 Å². The maximum absolute atomic E-state index is 13.3. The Balaban J connectivity index is 2.12. The lowest BCUT2D eigenvalue weighted by atomic mass is 9.78. The van der Waals surface area contributed by atoms with Crippen LogP contribution in [0.15, 0.2) is 12.1 Å². The number of halogens is 5. The second kappa shape index (κ2) is 4.90. The lowest BCUT2D eigenvalue weighted by Gasteiger charge is -2.33. The van der Waals surface area contributed by atoms with Gasteiger partial charge < -0.3 is 14.6 Å². The van der Waals surface area contributed by atoms with Gasteiger partial charge in [0.2, 0.25) is 0 Å². The van der Waals surface area contributed by atoms with E-state index >= 15 is 0 Å². The summed E-state index contributed by atoms with van der Waals surface area (Å²) in [5, 5.41) is 9.39. The van der Waals surface area contributed by atoms with Gasteiger partial charge in [0.25, 0.3) is 0 Å². The molecule has 9 heteroatoms. The van der Waals surface area contributed by atoms with Gasteiger partial charge in [-0.1, -0.05) is 24.4 Å². The number of aliphatic carboxylic acids is 1. The van der Waals surface area contributed by atoms with Crippen LogP contribution >= 0.6 is 11.6 Å². The molecule has 1 aliphatic carbocycles. The summed E-state index contributed by atoms with van der Waals surface area (Å²) in [5.41, 5.74) is -1.28. The van der Waals surface area contributed by atoms with Crippen LogP contribution in [0.5, 0.6) is 11.5 Å². The summed E-state index contributed by atoms with van der Waals surface area (Å²) < 4.78 is 60.9. The van der Waals surface area contributed by atoms with Gasteiger partial charge in [-0.3, -0.25) is 4.79 Å². The first-order valence-electron chi connectivity index (χ1n) is 6.80. The topological polar surface area (TPSA) is 55.8 Å². The highest BCUT2D eigenvalue weighted by molar-refractivity contribution is 6.32. The van der Waals surface area contributed by atoms with Gasteiger partial charge in [0.05, 0.1) is 5.41 Å². The highest BCUT2D eigenvalue weighted by Gasteiger charge is 2.66. The summed E-state index contributed by atoms with van der Waals surface area (Å²) in [6.07, 6.45) is -7.90. The van der Waals surface area contributed by atoms with E-state index in [1.807, 2.05) is 0 Å². The number of fused-ring (bicyclic) bond motifs is 1. The lowest BCUT2D eigenvalue weighted by molar-refractivity contribution is -0.391. The van der Waals surface area contributed by atoms with E-state index in [2.05, 4.69) is 9.47 Å². The molecule has 0 spiro atoms. The van der Waals surface area contributed by atoms with Crippen molar-refractivity contribution in [1.82, 2.24) is 0 Å². The van der Waals surface area contributed by atoms with E-state index in [1.165, 1.54) is 0 Å². The minimum Gasteiger partial charge on any atom is -0.481 e. The highest BCUT2D eigenvalue weighted by atomic mass is 35.5. The summed E-state index contributed by atoms with van der Waals surface area (Å²) in [6.45, 7) is 0. The summed E-state index contributed by atoms with van der Waals surface area (Å²) >= 11 is 6.01. The molecule has 0 amide bonds. The number of carboxylic acid groups (broad SMARTS) is 1. The largest absolute Gasteiger partial charge is 0.507 e. The number of alkyl halides is 4. The van der Waals surface area contributed by atoms with Crippen LogP contribution in [-0.2, 0) is 10.2 Å². The minimum atomic E-state index is -4.86. The number of benzene rings is 1. The second-order valence-corrected chi connectivity index (χ2v) is 6.02. The Hall–Kier alpha value is -1.70. The molecule has 0 radical (unpaired) electrons. The molecular weight excluding hydrogens is 344 g/mol. The van der Waals surface area contributed by atoms with Gasteiger partial charge in [-0.25, -0.2) is 0 Å². The van der Waals surface area contributed by atoms with Crippen molar-refractivity contribution >= 4 is 17.6 Å². The molecule has 1 aliphatic heterocycles. The van der Waals surface area contributed by atoms with E-state index in [0.717, 1.165) is 12.1 Å². The normalized spacial score (nSPS) is 23.5. The first-order valence-corrected chi connectivity index (χ1v) is 7.18. The van der Waals surface area contributed by atoms with Gasteiger partial charge in [0.15, 0.2) is 11.5 Å². The Morgan fingerprint density at radius 2 is 1.52 bits per heavy atom. The number of hydrogen-bond donors (Lipinski definition) is 1. The fraction of sp³-hybridized carbons (Fsp3) is 0.500. The van der Waals surface area contributed by atoms with Crippen LogP contribution in [0.4, 0.5) is 17.6 Å². The minimum absolute atomic E-state index is 0.0625. The van der Waals surface area contributed by atoms with E-state index in [-0.39, 0.29) is 23.4 Å². The number of hydrogen-bond acceptors (Lipinski definition) is 3. The Labute approximate surface area is 132 Å².